The average Bonchev–Trinajstić information content (AvgIpc) is 2.11. The normalized spacial score (nSPS) is 33.8. The number of hydrogen-bond donors (Lipinski definition) is 0. The van der Waals surface area contributed by atoms with E-state index in [0.29, 0.717) is 12.1 Å². The number of ether oxygens (including phenoxy) is 1. The highest BCUT2D eigenvalue weighted by molar-refractivity contribution is 4.91. The van der Waals surface area contributed by atoms with Crippen LogP contribution in [0.25, 0.3) is 0 Å². The van der Waals surface area contributed by atoms with Crippen LogP contribution in [0.2, 0.25) is 0 Å². The molecule has 0 spiro atoms. The van der Waals surface area contributed by atoms with Gasteiger partial charge < -0.3 is 4.74 Å². The minimum absolute atomic E-state index is 0.0262. The van der Waals surface area contributed by atoms with Crippen molar-refractivity contribution in [3.05, 3.63) is 0 Å². The van der Waals surface area contributed by atoms with Gasteiger partial charge in [0.25, 0.3) is 0 Å². The number of rotatable bonds is 2. The summed E-state index contributed by atoms with van der Waals surface area (Å²) >= 11 is 0. The standard InChI is InChI=1S/C13H24FNO/c1-13(2,3)16-12-8-11(9-12)15-6-4-10(14)5-7-15/h10-12H,4-9H2,1-3H3. The molecule has 1 heterocycles. The summed E-state index contributed by atoms with van der Waals surface area (Å²) in [6, 6.07) is 0.653. The Morgan fingerprint density at radius 1 is 1.12 bits per heavy atom. The van der Waals surface area contributed by atoms with Gasteiger partial charge in [-0.2, -0.15) is 0 Å². The van der Waals surface area contributed by atoms with Crippen molar-refractivity contribution in [1.29, 1.82) is 0 Å². The lowest BCUT2D eigenvalue weighted by molar-refractivity contribution is -0.123. The molecule has 0 aromatic carbocycles. The fourth-order valence-corrected chi connectivity index (χ4v) is 2.67. The molecule has 2 aliphatic rings. The lowest BCUT2D eigenvalue weighted by Crippen LogP contribution is -2.52. The van der Waals surface area contributed by atoms with E-state index in [1.54, 1.807) is 0 Å². The van der Waals surface area contributed by atoms with Crippen molar-refractivity contribution in [2.75, 3.05) is 13.1 Å². The molecule has 0 unspecified atom stereocenters. The highest BCUT2D eigenvalue weighted by Crippen LogP contribution is 2.33. The summed E-state index contributed by atoms with van der Waals surface area (Å²) in [5, 5.41) is 0. The largest absolute Gasteiger partial charge is 0.373 e. The van der Waals surface area contributed by atoms with Crippen molar-refractivity contribution in [2.45, 2.75) is 70.4 Å². The molecule has 0 aromatic rings. The predicted octanol–water partition coefficient (Wildman–Crippen LogP) is 2.77. The topological polar surface area (TPSA) is 12.5 Å². The number of alkyl halides is 1. The second kappa shape index (κ2) is 4.61. The quantitative estimate of drug-likeness (QED) is 0.722. The van der Waals surface area contributed by atoms with Crippen molar-refractivity contribution >= 4 is 0 Å². The van der Waals surface area contributed by atoms with Gasteiger partial charge in [-0.1, -0.05) is 0 Å². The van der Waals surface area contributed by atoms with Gasteiger partial charge in [-0.15, -0.1) is 0 Å². The second-order valence-electron chi connectivity index (χ2n) is 6.19. The molecule has 2 nitrogen and oxygen atoms in total. The molecule has 1 saturated heterocycles. The van der Waals surface area contributed by atoms with Crippen molar-refractivity contribution in [3.8, 4) is 0 Å². The van der Waals surface area contributed by atoms with E-state index < -0.39 is 6.17 Å². The Labute approximate surface area is 98.1 Å². The first-order chi connectivity index (χ1) is 7.44. The molecule has 0 radical (unpaired) electrons. The Hall–Kier alpha value is -0.150. The molecule has 0 atom stereocenters. The SMILES string of the molecule is CC(C)(C)OC1CC(N2CCC(F)CC2)C1. The molecule has 1 aliphatic carbocycles. The summed E-state index contributed by atoms with van der Waals surface area (Å²) in [6.07, 6.45) is 3.58. The molecule has 2 fully saturated rings. The maximum atomic E-state index is 13.0. The van der Waals surface area contributed by atoms with E-state index in [4.69, 9.17) is 4.74 Å². The lowest BCUT2D eigenvalue weighted by Gasteiger charge is -2.46. The number of piperidine rings is 1. The highest BCUT2D eigenvalue weighted by Gasteiger charge is 2.37. The number of likely N-dealkylation sites (tertiary alicyclic amines) is 1. The van der Waals surface area contributed by atoms with Crippen LogP contribution >= 0.6 is 0 Å². The van der Waals surface area contributed by atoms with Crippen LogP contribution in [0.3, 0.4) is 0 Å². The van der Waals surface area contributed by atoms with Gasteiger partial charge in [-0.25, -0.2) is 4.39 Å². The van der Waals surface area contributed by atoms with Crippen molar-refractivity contribution in [2.24, 2.45) is 0 Å². The van der Waals surface area contributed by atoms with Crippen LogP contribution in [-0.4, -0.2) is 41.9 Å². The van der Waals surface area contributed by atoms with Gasteiger partial charge in [0.05, 0.1) is 11.7 Å². The van der Waals surface area contributed by atoms with Gasteiger partial charge in [-0.3, -0.25) is 4.90 Å². The zero-order chi connectivity index (χ0) is 11.8. The maximum absolute atomic E-state index is 13.0. The van der Waals surface area contributed by atoms with E-state index in [-0.39, 0.29) is 5.60 Å². The van der Waals surface area contributed by atoms with Crippen LogP contribution in [0.15, 0.2) is 0 Å². The molecule has 1 aliphatic heterocycles. The van der Waals surface area contributed by atoms with Crippen LogP contribution in [0.5, 0.6) is 0 Å². The molecular weight excluding hydrogens is 205 g/mol. The van der Waals surface area contributed by atoms with E-state index in [1.165, 1.54) is 0 Å². The zero-order valence-corrected chi connectivity index (χ0v) is 10.7. The van der Waals surface area contributed by atoms with Crippen LogP contribution in [0.4, 0.5) is 4.39 Å². The van der Waals surface area contributed by atoms with Crippen LogP contribution in [0, 0.1) is 0 Å². The molecule has 0 amide bonds. The van der Waals surface area contributed by atoms with Gasteiger partial charge >= 0.3 is 0 Å². The van der Waals surface area contributed by atoms with Crippen LogP contribution < -0.4 is 0 Å². The summed E-state index contributed by atoms with van der Waals surface area (Å²) in [5.41, 5.74) is -0.0262. The van der Waals surface area contributed by atoms with Crippen molar-refractivity contribution < 1.29 is 9.13 Å². The third kappa shape index (κ3) is 3.17. The Balaban J connectivity index is 1.68. The summed E-state index contributed by atoms with van der Waals surface area (Å²) < 4.78 is 18.9. The van der Waals surface area contributed by atoms with Gasteiger partial charge in [0, 0.05) is 19.1 Å². The Morgan fingerprint density at radius 2 is 1.69 bits per heavy atom. The summed E-state index contributed by atoms with van der Waals surface area (Å²) in [7, 11) is 0. The fraction of sp³-hybridized carbons (Fsp3) is 1.00. The van der Waals surface area contributed by atoms with E-state index in [2.05, 4.69) is 25.7 Å². The first kappa shape index (κ1) is 12.3. The first-order valence-corrected chi connectivity index (χ1v) is 6.50. The summed E-state index contributed by atoms with van der Waals surface area (Å²) in [6.45, 7) is 8.20. The summed E-state index contributed by atoms with van der Waals surface area (Å²) in [5.74, 6) is 0. The van der Waals surface area contributed by atoms with Crippen molar-refractivity contribution in [3.63, 3.8) is 0 Å². The van der Waals surface area contributed by atoms with Gasteiger partial charge in [0.15, 0.2) is 0 Å². The number of halogens is 1. The van der Waals surface area contributed by atoms with E-state index >= 15 is 0 Å². The Kier molecular flexibility index (Phi) is 3.55. The number of hydrogen-bond acceptors (Lipinski definition) is 2. The average molecular weight is 229 g/mol. The van der Waals surface area contributed by atoms with Gasteiger partial charge in [0.1, 0.15) is 6.17 Å². The molecule has 16 heavy (non-hydrogen) atoms. The molecule has 94 valence electrons. The van der Waals surface area contributed by atoms with Crippen LogP contribution in [-0.2, 0) is 4.74 Å². The third-order valence-electron chi connectivity index (χ3n) is 3.57. The fourth-order valence-electron chi connectivity index (χ4n) is 2.67. The highest BCUT2D eigenvalue weighted by atomic mass is 19.1. The Bertz CT molecular complexity index is 225. The molecule has 0 bridgehead atoms. The third-order valence-corrected chi connectivity index (χ3v) is 3.57. The summed E-state index contributed by atoms with van der Waals surface area (Å²) in [4.78, 5) is 2.44. The van der Waals surface area contributed by atoms with Gasteiger partial charge in [-0.05, 0) is 46.5 Å². The molecule has 2 rings (SSSR count). The maximum Gasteiger partial charge on any atom is 0.103 e. The monoisotopic (exact) mass is 229 g/mol. The van der Waals surface area contributed by atoms with Gasteiger partial charge in [0.2, 0.25) is 0 Å². The molecule has 1 saturated carbocycles. The van der Waals surface area contributed by atoms with E-state index in [9.17, 15) is 4.39 Å². The Morgan fingerprint density at radius 3 is 2.19 bits per heavy atom. The van der Waals surface area contributed by atoms with Crippen LogP contribution in [0.1, 0.15) is 46.5 Å². The van der Waals surface area contributed by atoms with E-state index in [1.807, 2.05) is 0 Å². The molecule has 0 N–H and O–H groups in total. The second-order valence-corrected chi connectivity index (χ2v) is 6.19. The minimum Gasteiger partial charge on any atom is -0.373 e. The van der Waals surface area contributed by atoms with Crippen molar-refractivity contribution in [1.82, 2.24) is 4.90 Å². The molecular formula is C13H24FNO. The smallest absolute Gasteiger partial charge is 0.103 e. The zero-order valence-electron chi connectivity index (χ0n) is 10.7. The minimum atomic E-state index is -0.557. The predicted molar refractivity (Wildman–Crippen MR) is 63.4 cm³/mol. The number of nitrogens with zero attached hydrogens (tertiary/aromatic N) is 1. The van der Waals surface area contributed by atoms with E-state index in [0.717, 1.165) is 38.8 Å². The lowest BCUT2D eigenvalue weighted by atomic mass is 9.86. The molecule has 3 heteroatoms. The first-order valence-electron chi connectivity index (χ1n) is 6.50. The molecule has 0 aromatic heterocycles.